The van der Waals surface area contributed by atoms with Crippen molar-refractivity contribution in [2.45, 2.75) is 98.2 Å². The summed E-state index contributed by atoms with van der Waals surface area (Å²) >= 11 is 0. The van der Waals surface area contributed by atoms with E-state index in [2.05, 4.69) is 55.4 Å². The zero-order valence-corrected chi connectivity index (χ0v) is 18.7. The van der Waals surface area contributed by atoms with Gasteiger partial charge in [-0.2, -0.15) is 0 Å². The lowest BCUT2D eigenvalue weighted by Crippen LogP contribution is -2.48. The monoisotopic (exact) mass is 354 g/mol. The smallest absolute Gasteiger partial charge is 0.200 e. The largest absolute Gasteiger partial charge is 0.415 e. The van der Waals surface area contributed by atoms with Crippen molar-refractivity contribution in [1.29, 1.82) is 0 Å². The lowest BCUT2D eigenvalue weighted by Gasteiger charge is -2.42. The molecule has 0 aliphatic heterocycles. The molecule has 0 radical (unpaired) electrons. The number of hydrogen-bond donors (Lipinski definition) is 0. The van der Waals surface area contributed by atoms with Crippen LogP contribution in [0.25, 0.3) is 0 Å². The van der Waals surface area contributed by atoms with Gasteiger partial charge in [0, 0.05) is 12.5 Å². The summed E-state index contributed by atoms with van der Waals surface area (Å²) in [7, 11) is -1.80. The third kappa shape index (κ3) is 6.83. The highest BCUT2D eigenvalue weighted by Crippen LogP contribution is 2.42. The van der Waals surface area contributed by atoms with Crippen LogP contribution in [-0.4, -0.2) is 20.7 Å². The van der Waals surface area contributed by atoms with Crippen molar-refractivity contribution in [2.24, 2.45) is 11.8 Å². The van der Waals surface area contributed by atoms with Crippen LogP contribution < -0.4 is 0 Å². The molecule has 0 aliphatic rings. The molecule has 24 heavy (non-hydrogen) atoms. The average molecular weight is 355 g/mol. The summed E-state index contributed by atoms with van der Waals surface area (Å²) < 4.78 is 6.61. The van der Waals surface area contributed by atoms with E-state index in [0.29, 0.717) is 16.6 Å². The van der Waals surface area contributed by atoms with Crippen molar-refractivity contribution < 1.29 is 9.22 Å². The van der Waals surface area contributed by atoms with E-state index in [4.69, 9.17) is 4.43 Å². The van der Waals surface area contributed by atoms with E-state index in [0.717, 1.165) is 25.9 Å². The molecule has 0 aromatic carbocycles. The fourth-order valence-corrected chi connectivity index (χ4v) is 9.46. The molecule has 0 N–H and O–H groups in total. The van der Waals surface area contributed by atoms with Crippen molar-refractivity contribution in [2.75, 3.05) is 6.61 Å². The molecule has 0 spiro atoms. The van der Waals surface area contributed by atoms with Crippen LogP contribution in [0.3, 0.4) is 0 Å². The Labute approximate surface area is 152 Å². The van der Waals surface area contributed by atoms with Gasteiger partial charge >= 0.3 is 0 Å². The Morgan fingerprint density at radius 1 is 0.958 bits per heavy atom. The van der Waals surface area contributed by atoms with Crippen LogP contribution in [-0.2, 0) is 9.22 Å². The predicted octanol–water partition coefficient (Wildman–Crippen LogP) is 6.77. The van der Waals surface area contributed by atoms with Crippen LogP contribution >= 0.6 is 0 Å². The normalized spacial score (nSPS) is 15.7. The van der Waals surface area contributed by atoms with Crippen molar-refractivity contribution >= 4 is 14.1 Å². The van der Waals surface area contributed by atoms with Gasteiger partial charge in [0.15, 0.2) is 14.1 Å². The number of ketones is 1. The lowest BCUT2D eigenvalue weighted by molar-refractivity contribution is -0.117. The van der Waals surface area contributed by atoms with Crippen LogP contribution in [0.5, 0.6) is 0 Å². The van der Waals surface area contributed by atoms with Gasteiger partial charge in [-0.25, -0.2) is 0 Å². The Morgan fingerprint density at radius 2 is 1.46 bits per heavy atom. The summed E-state index contributed by atoms with van der Waals surface area (Å²) in [6.07, 6.45) is 7.11. The van der Waals surface area contributed by atoms with Crippen LogP contribution in [0.15, 0.2) is 12.2 Å². The van der Waals surface area contributed by atoms with Gasteiger partial charge < -0.3 is 4.43 Å². The second-order valence-electron chi connectivity index (χ2n) is 8.41. The summed E-state index contributed by atoms with van der Waals surface area (Å²) in [5.74, 6) is 0.690. The number of rotatable bonds is 12. The number of unbranched alkanes of at least 4 members (excludes halogenated alkanes) is 1. The topological polar surface area (TPSA) is 26.3 Å². The summed E-state index contributed by atoms with van der Waals surface area (Å²) in [6, 6.07) is 0. The first-order valence-electron chi connectivity index (χ1n) is 9.95. The second kappa shape index (κ2) is 11.3. The van der Waals surface area contributed by atoms with E-state index < -0.39 is 8.32 Å². The number of hydrogen-bond acceptors (Lipinski definition) is 2. The zero-order chi connectivity index (χ0) is 18.9. The van der Waals surface area contributed by atoms with Gasteiger partial charge in [0.05, 0.1) is 0 Å². The minimum Gasteiger partial charge on any atom is -0.415 e. The maximum absolute atomic E-state index is 12.2. The molecule has 0 fully saturated rings. The first kappa shape index (κ1) is 23.6. The molecule has 142 valence electrons. The highest BCUT2D eigenvalue weighted by atomic mass is 28.4. The molecule has 0 saturated heterocycles. The molecule has 0 unspecified atom stereocenters. The molecule has 0 saturated carbocycles. The van der Waals surface area contributed by atoms with E-state index in [1.165, 1.54) is 0 Å². The summed E-state index contributed by atoms with van der Waals surface area (Å²) in [5.41, 5.74) is 1.80. The molecule has 0 aromatic rings. The van der Waals surface area contributed by atoms with E-state index in [9.17, 15) is 4.79 Å². The van der Waals surface area contributed by atoms with Crippen molar-refractivity contribution in [3.8, 4) is 0 Å². The summed E-state index contributed by atoms with van der Waals surface area (Å²) in [6.45, 7) is 21.0. The standard InChI is InChI=1S/C21H42O2Si/c1-10-11-12-20(9)21(22)14-13-19(8)15-23-24(16(2)3,17(4)5)18(6)7/h13-14,16-20H,10-12,15H2,1-9H3/b14-13+/t19-,20-/m0/s1. The number of allylic oxidation sites excluding steroid dienone is 1. The quantitative estimate of drug-likeness (QED) is 0.285. The fourth-order valence-electron chi connectivity index (χ4n) is 3.91. The molecule has 0 aliphatic carbocycles. The maximum atomic E-state index is 12.2. The van der Waals surface area contributed by atoms with Crippen molar-refractivity contribution in [3.63, 3.8) is 0 Å². The third-order valence-corrected chi connectivity index (χ3v) is 11.4. The zero-order valence-electron chi connectivity index (χ0n) is 17.7. The summed E-state index contributed by atoms with van der Waals surface area (Å²) in [5, 5.41) is 0. The Kier molecular flexibility index (Phi) is 11.1. The van der Waals surface area contributed by atoms with Crippen LogP contribution in [0.4, 0.5) is 0 Å². The SMILES string of the molecule is CCCC[C@H](C)C(=O)/C=C/[C@H](C)CO[Si](C(C)C)(C(C)C)C(C)C. The van der Waals surface area contributed by atoms with Crippen LogP contribution in [0.1, 0.15) is 81.6 Å². The molecular weight excluding hydrogens is 312 g/mol. The molecule has 2 atom stereocenters. The highest BCUT2D eigenvalue weighted by Gasteiger charge is 2.45. The lowest BCUT2D eigenvalue weighted by atomic mass is 9.98. The van der Waals surface area contributed by atoms with E-state index in [1.807, 2.05) is 13.0 Å². The third-order valence-electron chi connectivity index (χ3n) is 5.37. The Hall–Kier alpha value is -0.413. The molecule has 0 amide bonds. The van der Waals surface area contributed by atoms with Gasteiger partial charge in [0.2, 0.25) is 0 Å². The van der Waals surface area contributed by atoms with E-state index in [1.54, 1.807) is 6.08 Å². The first-order chi connectivity index (χ1) is 11.1. The van der Waals surface area contributed by atoms with Gasteiger partial charge in [0.25, 0.3) is 0 Å². The Bertz CT molecular complexity index is 364. The molecule has 2 nitrogen and oxygen atoms in total. The minimum absolute atomic E-state index is 0.143. The van der Waals surface area contributed by atoms with Crippen molar-refractivity contribution in [3.05, 3.63) is 12.2 Å². The average Bonchev–Trinajstić information content (AvgIpc) is 2.49. The molecule has 0 aromatic heterocycles. The first-order valence-corrected chi connectivity index (χ1v) is 12.1. The van der Waals surface area contributed by atoms with E-state index in [-0.39, 0.29) is 17.6 Å². The second-order valence-corrected chi connectivity index (χ2v) is 13.9. The minimum atomic E-state index is -1.80. The van der Waals surface area contributed by atoms with Gasteiger partial charge in [-0.1, -0.05) is 81.2 Å². The van der Waals surface area contributed by atoms with Gasteiger partial charge in [-0.05, 0) is 35.0 Å². The fraction of sp³-hybridized carbons (Fsp3) is 0.857. The Balaban J connectivity index is 4.72. The molecule has 0 heterocycles. The summed E-state index contributed by atoms with van der Waals surface area (Å²) in [4.78, 5) is 12.2. The van der Waals surface area contributed by atoms with Gasteiger partial charge in [0.1, 0.15) is 0 Å². The molecular formula is C21H42O2Si. The van der Waals surface area contributed by atoms with Crippen LogP contribution in [0.2, 0.25) is 16.6 Å². The van der Waals surface area contributed by atoms with Crippen LogP contribution in [0, 0.1) is 11.8 Å². The van der Waals surface area contributed by atoms with Gasteiger partial charge in [-0.15, -0.1) is 0 Å². The molecule has 3 heteroatoms. The molecule has 0 rings (SSSR count). The van der Waals surface area contributed by atoms with Gasteiger partial charge in [-0.3, -0.25) is 4.79 Å². The molecule has 0 bridgehead atoms. The number of carbonyl (C=O) groups excluding carboxylic acids is 1. The predicted molar refractivity (Wildman–Crippen MR) is 109 cm³/mol. The number of carbonyl (C=O) groups is 1. The van der Waals surface area contributed by atoms with Crippen molar-refractivity contribution in [1.82, 2.24) is 0 Å². The van der Waals surface area contributed by atoms with E-state index >= 15 is 0 Å². The Morgan fingerprint density at radius 3 is 1.88 bits per heavy atom. The maximum Gasteiger partial charge on any atom is 0.200 e. The highest BCUT2D eigenvalue weighted by molar-refractivity contribution is 6.77.